The molecule has 1 aliphatic rings. The van der Waals surface area contributed by atoms with Gasteiger partial charge < -0.3 is 20.6 Å². The van der Waals surface area contributed by atoms with Crippen molar-refractivity contribution in [3.05, 3.63) is 29.8 Å². The Labute approximate surface area is 117 Å². The molecule has 0 aromatic heterocycles. The zero-order valence-electron chi connectivity index (χ0n) is 11.4. The fraction of sp³-hybridized carbons (Fsp3) is 0.429. The number of anilines is 1. The quantitative estimate of drug-likeness (QED) is 0.784. The first-order valence-corrected chi connectivity index (χ1v) is 6.66. The number of nitrogens with zero attached hydrogens (tertiary/aromatic N) is 1. The van der Waals surface area contributed by atoms with Gasteiger partial charge in [0.2, 0.25) is 0 Å². The van der Waals surface area contributed by atoms with Crippen LogP contribution in [0.1, 0.15) is 23.2 Å². The Morgan fingerprint density at radius 2 is 1.95 bits per heavy atom. The number of rotatable bonds is 3. The van der Waals surface area contributed by atoms with E-state index in [-0.39, 0.29) is 17.6 Å². The molecule has 6 heteroatoms. The van der Waals surface area contributed by atoms with Crippen LogP contribution in [-0.2, 0) is 0 Å². The second-order valence-electron chi connectivity index (χ2n) is 4.87. The average molecular weight is 277 g/mol. The Hall–Kier alpha value is -2.08. The van der Waals surface area contributed by atoms with Gasteiger partial charge in [0.05, 0.1) is 11.3 Å². The summed E-state index contributed by atoms with van der Waals surface area (Å²) in [4.78, 5) is 24.9. The normalized spacial score (nSPS) is 15.7. The summed E-state index contributed by atoms with van der Waals surface area (Å²) in [5, 5.41) is 15.0. The summed E-state index contributed by atoms with van der Waals surface area (Å²) in [6.45, 7) is 1.79. The molecule has 0 unspecified atom stereocenters. The van der Waals surface area contributed by atoms with E-state index in [1.54, 1.807) is 30.1 Å². The van der Waals surface area contributed by atoms with Crippen LogP contribution in [0.2, 0.25) is 0 Å². The fourth-order valence-corrected chi connectivity index (χ4v) is 2.34. The van der Waals surface area contributed by atoms with Gasteiger partial charge in [0.15, 0.2) is 0 Å². The van der Waals surface area contributed by atoms with Crippen molar-refractivity contribution in [3.63, 3.8) is 0 Å². The Balaban J connectivity index is 2.05. The lowest BCUT2D eigenvalue weighted by Gasteiger charge is -2.31. The first-order chi connectivity index (χ1) is 9.59. The fourth-order valence-electron chi connectivity index (χ4n) is 2.34. The number of carbonyl (C=O) groups is 2. The molecule has 3 N–H and O–H groups in total. The number of amides is 2. The van der Waals surface area contributed by atoms with Gasteiger partial charge in [0.25, 0.3) is 0 Å². The van der Waals surface area contributed by atoms with Crippen molar-refractivity contribution in [1.29, 1.82) is 0 Å². The summed E-state index contributed by atoms with van der Waals surface area (Å²) in [5.41, 5.74) is 0.422. The van der Waals surface area contributed by atoms with E-state index in [0.29, 0.717) is 5.69 Å². The minimum absolute atomic E-state index is 0.0968. The average Bonchev–Trinajstić information content (AvgIpc) is 2.47. The molecule has 0 radical (unpaired) electrons. The van der Waals surface area contributed by atoms with Crippen molar-refractivity contribution in [2.45, 2.75) is 18.9 Å². The minimum Gasteiger partial charge on any atom is -0.478 e. The van der Waals surface area contributed by atoms with E-state index in [9.17, 15) is 9.59 Å². The Morgan fingerprint density at radius 1 is 1.30 bits per heavy atom. The third kappa shape index (κ3) is 3.27. The zero-order valence-corrected chi connectivity index (χ0v) is 11.4. The van der Waals surface area contributed by atoms with Crippen LogP contribution in [0.25, 0.3) is 0 Å². The molecule has 0 saturated carbocycles. The molecule has 108 valence electrons. The molecule has 1 fully saturated rings. The molecule has 1 aromatic carbocycles. The maximum absolute atomic E-state index is 12.2. The maximum Gasteiger partial charge on any atom is 0.337 e. The van der Waals surface area contributed by atoms with Crippen LogP contribution in [-0.4, -0.2) is 48.2 Å². The minimum atomic E-state index is -1.05. The smallest absolute Gasteiger partial charge is 0.337 e. The van der Waals surface area contributed by atoms with Crippen molar-refractivity contribution < 1.29 is 14.7 Å². The van der Waals surface area contributed by atoms with Crippen LogP contribution in [0.3, 0.4) is 0 Å². The standard InChI is InChI=1S/C14H19N3O3/c1-17(10-6-8-15-9-7-10)14(20)16-12-5-3-2-4-11(12)13(18)19/h2-5,10,15H,6-9H2,1H3,(H,16,20)(H,18,19). The SMILES string of the molecule is CN(C(=O)Nc1ccccc1C(=O)O)C1CCNCC1. The summed E-state index contributed by atoms with van der Waals surface area (Å²) >= 11 is 0. The highest BCUT2D eigenvalue weighted by Gasteiger charge is 2.22. The lowest BCUT2D eigenvalue weighted by Crippen LogP contribution is -2.45. The number of benzene rings is 1. The summed E-state index contributed by atoms with van der Waals surface area (Å²) < 4.78 is 0. The van der Waals surface area contributed by atoms with Gasteiger partial charge in [-0.25, -0.2) is 9.59 Å². The molecule has 0 spiro atoms. The van der Waals surface area contributed by atoms with E-state index < -0.39 is 5.97 Å². The molecule has 6 nitrogen and oxygen atoms in total. The first kappa shape index (κ1) is 14.3. The summed E-state index contributed by atoms with van der Waals surface area (Å²) in [6.07, 6.45) is 1.81. The number of carboxylic acid groups (broad SMARTS) is 1. The second-order valence-corrected chi connectivity index (χ2v) is 4.87. The molecule has 1 aliphatic heterocycles. The maximum atomic E-state index is 12.2. The highest BCUT2D eigenvalue weighted by Crippen LogP contribution is 2.17. The monoisotopic (exact) mass is 277 g/mol. The van der Waals surface area contributed by atoms with Gasteiger partial charge in [-0.15, -0.1) is 0 Å². The second kappa shape index (κ2) is 6.38. The van der Waals surface area contributed by atoms with E-state index in [1.807, 2.05) is 0 Å². The molecule has 0 atom stereocenters. The molecule has 0 bridgehead atoms. The molecule has 1 aromatic rings. The Bertz CT molecular complexity index is 498. The zero-order chi connectivity index (χ0) is 14.5. The molecular weight excluding hydrogens is 258 g/mol. The third-order valence-corrected chi connectivity index (χ3v) is 3.58. The van der Waals surface area contributed by atoms with Crippen LogP contribution < -0.4 is 10.6 Å². The lowest BCUT2D eigenvalue weighted by atomic mass is 10.1. The largest absolute Gasteiger partial charge is 0.478 e. The van der Waals surface area contributed by atoms with E-state index in [1.165, 1.54) is 6.07 Å². The lowest BCUT2D eigenvalue weighted by molar-refractivity contribution is 0.0698. The van der Waals surface area contributed by atoms with Gasteiger partial charge in [-0.1, -0.05) is 12.1 Å². The predicted molar refractivity (Wildman–Crippen MR) is 76.1 cm³/mol. The van der Waals surface area contributed by atoms with Crippen LogP contribution in [0.5, 0.6) is 0 Å². The number of nitrogens with one attached hydrogen (secondary N) is 2. The third-order valence-electron chi connectivity index (χ3n) is 3.58. The van der Waals surface area contributed by atoms with Crippen molar-refractivity contribution in [2.24, 2.45) is 0 Å². The number of carboxylic acids is 1. The summed E-state index contributed by atoms with van der Waals surface area (Å²) in [7, 11) is 1.74. The Kier molecular flexibility index (Phi) is 4.57. The number of para-hydroxylation sites is 1. The number of hydrogen-bond acceptors (Lipinski definition) is 3. The van der Waals surface area contributed by atoms with Gasteiger partial charge in [-0.2, -0.15) is 0 Å². The van der Waals surface area contributed by atoms with E-state index in [4.69, 9.17) is 5.11 Å². The molecular formula is C14H19N3O3. The van der Waals surface area contributed by atoms with E-state index in [0.717, 1.165) is 25.9 Å². The number of carbonyl (C=O) groups excluding carboxylic acids is 1. The topological polar surface area (TPSA) is 81.7 Å². The van der Waals surface area contributed by atoms with E-state index in [2.05, 4.69) is 10.6 Å². The van der Waals surface area contributed by atoms with Crippen molar-refractivity contribution >= 4 is 17.7 Å². The van der Waals surface area contributed by atoms with Gasteiger partial charge in [0.1, 0.15) is 0 Å². The van der Waals surface area contributed by atoms with Gasteiger partial charge in [0, 0.05) is 13.1 Å². The van der Waals surface area contributed by atoms with Crippen LogP contribution in [0.15, 0.2) is 24.3 Å². The highest BCUT2D eigenvalue weighted by atomic mass is 16.4. The van der Waals surface area contributed by atoms with Crippen molar-refractivity contribution in [2.75, 3.05) is 25.5 Å². The molecule has 1 heterocycles. The number of hydrogen-bond donors (Lipinski definition) is 3. The van der Waals surface area contributed by atoms with Crippen molar-refractivity contribution in [3.8, 4) is 0 Å². The number of piperidine rings is 1. The molecule has 2 amide bonds. The van der Waals surface area contributed by atoms with E-state index >= 15 is 0 Å². The van der Waals surface area contributed by atoms with Crippen LogP contribution >= 0.6 is 0 Å². The number of aromatic carboxylic acids is 1. The van der Waals surface area contributed by atoms with Gasteiger partial charge in [-0.3, -0.25) is 0 Å². The molecule has 20 heavy (non-hydrogen) atoms. The van der Waals surface area contributed by atoms with Crippen LogP contribution in [0.4, 0.5) is 10.5 Å². The number of urea groups is 1. The van der Waals surface area contributed by atoms with Crippen molar-refractivity contribution in [1.82, 2.24) is 10.2 Å². The summed E-state index contributed by atoms with van der Waals surface area (Å²) in [6, 6.07) is 6.32. The Morgan fingerprint density at radius 3 is 2.60 bits per heavy atom. The van der Waals surface area contributed by atoms with Crippen LogP contribution in [0, 0.1) is 0 Å². The summed E-state index contributed by atoms with van der Waals surface area (Å²) in [5.74, 6) is -1.05. The highest BCUT2D eigenvalue weighted by molar-refractivity contribution is 5.99. The predicted octanol–water partition coefficient (Wildman–Crippen LogP) is 1.60. The first-order valence-electron chi connectivity index (χ1n) is 6.66. The molecule has 2 rings (SSSR count). The van der Waals surface area contributed by atoms with Gasteiger partial charge in [-0.05, 0) is 38.1 Å². The molecule has 1 saturated heterocycles. The molecule has 0 aliphatic carbocycles. The van der Waals surface area contributed by atoms with Gasteiger partial charge >= 0.3 is 12.0 Å².